The number of benzene rings is 2. The molecule has 2 aromatic carbocycles. The summed E-state index contributed by atoms with van der Waals surface area (Å²) in [5.41, 5.74) is 0.937. The van der Waals surface area contributed by atoms with E-state index in [1.165, 1.54) is 20.5 Å². The first-order chi connectivity index (χ1) is 19.6. The zero-order valence-corrected chi connectivity index (χ0v) is 22.9. The second-order valence-electron chi connectivity index (χ2n) is 10.2. The van der Waals surface area contributed by atoms with Gasteiger partial charge in [0, 0.05) is 20.3 Å². The Morgan fingerprint density at radius 3 is 1.76 bits per heavy atom. The van der Waals surface area contributed by atoms with Crippen LogP contribution in [0, 0.1) is 0 Å². The van der Waals surface area contributed by atoms with Gasteiger partial charge in [-0.2, -0.15) is 0 Å². The average molecular weight is 575 g/mol. The molecule has 1 aromatic heterocycles. The predicted octanol–water partition coefficient (Wildman–Crippen LogP) is 1.18. The van der Waals surface area contributed by atoms with Crippen LogP contribution in [0.3, 0.4) is 0 Å². The van der Waals surface area contributed by atoms with E-state index in [0.717, 1.165) is 0 Å². The molecule has 2 aliphatic rings. The van der Waals surface area contributed by atoms with Gasteiger partial charge in [-0.3, -0.25) is 4.79 Å². The Morgan fingerprint density at radius 2 is 1.22 bits per heavy atom. The van der Waals surface area contributed by atoms with Crippen molar-refractivity contribution in [2.24, 2.45) is 0 Å². The van der Waals surface area contributed by atoms with Gasteiger partial charge >= 0.3 is 0 Å². The van der Waals surface area contributed by atoms with Crippen molar-refractivity contribution in [1.29, 1.82) is 0 Å². The summed E-state index contributed by atoms with van der Waals surface area (Å²) < 4.78 is 39.4. The van der Waals surface area contributed by atoms with Crippen molar-refractivity contribution in [3.05, 3.63) is 59.0 Å². The van der Waals surface area contributed by atoms with Gasteiger partial charge in [0.2, 0.25) is 12.6 Å². The molecule has 0 amide bonds. The molecule has 0 saturated carbocycles. The van der Waals surface area contributed by atoms with Crippen molar-refractivity contribution < 1.29 is 53.3 Å². The summed E-state index contributed by atoms with van der Waals surface area (Å²) >= 11 is 0. The third-order valence-electron chi connectivity index (χ3n) is 7.53. The first-order valence-electron chi connectivity index (χ1n) is 13.2. The Bertz CT molecular complexity index is 1390. The fourth-order valence-electron chi connectivity index (χ4n) is 5.06. The Balaban J connectivity index is 1.32. The minimum absolute atomic E-state index is 0.261. The number of rotatable bonds is 7. The van der Waals surface area contributed by atoms with Gasteiger partial charge in [0.05, 0.1) is 23.2 Å². The van der Waals surface area contributed by atoms with Crippen LogP contribution < -0.4 is 14.9 Å². The summed E-state index contributed by atoms with van der Waals surface area (Å²) in [6, 6.07) is 11.4. The van der Waals surface area contributed by atoms with Crippen LogP contribution in [-0.2, 0) is 18.9 Å². The lowest BCUT2D eigenvalue weighted by Crippen LogP contribution is -2.59. The van der Waals surface area contributed by atoms with Crippen LogP contribution in [-0.4, -0.2) is 96.1 Å². The number of aliphatic hydroxyl groups is 4. The molecule has 41 heavy (non-hydrogen) atoms. The number of fused-ring (bicyclic) bond motifs is 1. The molecule has 0 aliphatic carbocycles. The molecule has 2 fully saturated rings. The highest BCUT2D eigenvalue weighted by molar-refractivity contribution is 5.82. The van der Waals surface area contributed by atoms with E-state index in [0.29, 0.717) is 28.0 Å². The summed E-state index contributed by atoms with van der Waals surface area (Å²) in [5.74, 6) is 0.735. The molecule has 0 spiro atoms. The molecular weight excluding hydrogens is 540 g/mol. The fraction of sp³-hybridized carbons (Fsp3) is 0.483. The van der Waals surface area contributed by atoms with Crippen LogP contribution >= 0.6 is 0 Å². The zero-order valence-electron chi connectivity index (χ0n) is 22.9. The van der Waals surface area contributed by atoms with Gasteiger partial charge in [0.1, 0.15) is 60.0 Å². The van der Waals surface area contributed by atoms with Crippen molar-refractivity contribution in [3.63, 3.8) is 0 Å². The summed E-state index contributed by atoms with van der Waals surface area (Å²) in [6.07, 6.45) is -8.36. The van der Waals surface area contributed by atoms with Crippen molar-refractivity contribution in [3.8, 4) is 22.6 Å². The lowest BCUT2D eigenvalue weighted by Gasteiger charge is -2.40. The van der Waals surface area contributed by atoms with E-state index < -0.39 is 61.4 Å². The van der Waals surface area contributed by atoms with Crippen LogP contribution in [0.2, 0.25) is 0 Å². The predicted molar refractivity (Wildman–Crippen MR) is 143 cm³/mol. The van der Waals surface area contributed by atoms with Crippen LogP contribution in [0.5, 0.6) is 11.5 Å². The quantitative estimate of drug-likeness (QED) is 0.319. The number of hydrogen-bond donors (Lipinski definition) is 4. The maximum Gasteiger partial charge on any atom is 0.229 e. The third kappa shape index (κ3) is 5.70. The normalized spacial score (nSPS) is 34.0. The third-order valence-corrected chi connectivity index (χ3v) is 7.53. The molecule has 2 aliphatic heterocycles. The molecule has 10 atom stereocenters. The topological polar surface area (TPSA) is 167 Å². The minimum atomic E-state index is -1.20. The zero-order chi connectivity index (χ0) is 29.4. The summed E-state index contributed by atoms with van der Waals surface area (Å²) in [5, 5.41) is 41.1. The molecule has 3 heterocycles. The van der Waals surface area contributed by atoms with Crippen molar-refractivity contribution in [2.45, 2.75) is 75.3 Å². The van der Waals surface area contributed by atoms with E-state index in [2.05, 4.69) is 0 Å². The van der Waals surface area contributed by atoms with Gasteiger partial charge in [-0.15, -0.1) is 0 Å². The van der Waals surface area contributed by atoms with Gasteiger partial charge in [0.25, 0.3) is 0 Å². The van der Waals surface area contributed by atoms with Crippen molar-refractivity contribution in [2.75, 3.05) is 14.2 Å². The van der Waals surface area contributed by atoms with E-state index in [1.54, 1.807) is 56.3 Å². The smallest absolute Gasteiger partial charge is 0.229 e. The fourth-order valence-corrected chi connectivity index (χ4v) is 5.06. The van der Waals surface area contributed by atoms with Crippen molar-refractivity contribution in [1.82, 2.24) is 0 Å². The van der Waals surface area contributed by atoms with Crippen LogP contribution in [0.15, 0.2) is 57.9 Å². The van der Waals surface area contributed by atoms with Gasteiger partial charge in [0.15, 0.2) is 5.43 Å². The van der Waals surface area contributed by atoms with E-state index in [1.807, 2.05) is 0 Å². The van der Waals surface area contributed by atoms with E-state index in [-0.39, 0.29) is 11.0 Å². The highest BCUT2D eigenvalue weighted by Gasteiger charge is 2.45. The number of aliphatic hydroxyl groups excluding tert-OH is 4. The maximum atomic E-state index is 13.3. The monoisotopic (exact) mass is 574 g/mol. The molecule has 4 N–H and O–H groups in total. The number of methoxy groups -OCH3 is 2. The van der Waals surface area contributed by atoms with Gasteiger partial charge in [-0.25, -0.2) is 0 Å². The molecule has 10 unspecified atom stereocenters. The van der Waals surface area contributed by atoms with Gasteiger partial charge in [-0.05, 0) is 43.7 Å². The Kier molecular flexibility index (Phi) is 8.64. The first-order valence-corrected chi connectivity index (χ1v) is 13.2. The molecule has 12 nitrogen and oxygen atoms in total. The maximum absolute atomic E-state index is 13.3. The molecule has 222 valence electrons. The van der Waals surface area contributed by atoms with E-state index >= 15 is 0 Å². The van der Waals surface area contributed by atoms with E-state index in [9.17, 15) is 25.2 Å². The second kappa shape index (κ2) is 12.0. The number of hydrogen-bond acceptors (Lipinski definition) is 12. The summed E-state index contributed by atoms with van der Waals surface area (Å²) in [4.78, 5) is 13.3. The Labute approximate surface area is 235 Å². The Morgan fingerprint density at radius 1 is 0.707 bits per heavy atom. The molecule has 2 saturated heterocycles. The van der Waals surface area contributed by atoms with E-state index in [4.69, 9.17) is 32.8 Å². The van der Waals surface area contributed by atoms with Crippen LogP contribution in [0.1, 0.15) is 13.8 Å². The largest absolute Gasteiger partial charge is 0.463 e. The first kappa shape index (κ1) is 29.4. The van der Waals surface area contributed by atoms with Crippen molar-refractivity contribution >= 4 is 11.0 Å². The highest BCUT2D eigenvalue weighted by Crippen LogP contribution is 2.30. The van der Waals surface area contributed by atoms with Crippen LogP contribution in [0.4, 0.5) is 0 Å². The SMILES string of the molecule is COC1C(Oc2ccc(-c3coc4cc(OC5OC(C)C(O)C(O)C5OC)ccc4c3=O)cc2)OC(C)C(O)C1O. The number of ether oxygens (including phenoxy) is 6. The molecule has 0 radical (unpaired) electrons. The lowest BCUT2D eigenvalue weighted by atomic mass is 10.00. The molecule has 3 aromatic rings. The minimum Gasteiger partial charge on any atom is -0.463 e. The molecule has 0 bridgehead atoms. The van der Waals surface area contributed by atoms with Gasteiger partial charge in [-0.1, -0.05) is 12.1 Å². The van der Waals surface area contributed by atoms with Crippen LogP contribution in [0.25, 0.3) is 22.1 Å². The molecule has 5 rings (SSSR count). The lowest BCUT2D eigenvalue weighted by molar-refractivity contribution is -0.274. The summed E-state index contributed by atoms with van der Waals surface area (Å²) in [6.45, 7) is 3.25. The average Bonchev–Trinajstić information content (AvgIpc) is 2.96. The standard InChI is InChI=1S/C29H34O12/c1-13-21(30)24(33)26(35-3)28(38-13)40-16-7-5-15(6-8-16)19-12-37-20-11-17(9-10-18(20)23(19)32)41-29-27(36-4)25(34)22(31)14(2)39-29/h5-14,21-22,24-31,33-34H,1-4H3. The second-order valence-corrected chi connectivity index (χ2v) is 10.2. The Hall–Kier alpha value is -3.07. The molecule has 12 heteroatoms. The molecular formula is C29H34O12. The highest BCUT2D eigenvalue weighted by atomic mass is 16.7. The van der Waals surface area contributed by atoms with Gasteiger partial charge < -0.3 is 53.3 Å². The summed E-state index contributed by atoms with van der Waals surface area (Å²) in [7, 11) is 2.77.